The van der Waals surface area contributed by atoms with Crippen molar-refractivity contribution in [3.8, 4) is 0 Å². The average molecular weight is 310 g/mol. The van der Waals surface area contributed by atoms with Gasteiger partial charge in [-0.2, -0.15) is 11.3 Å². The normalized spacial score (nSPS) is 11.9. The molecule has 0 saturated heterocycles. The zero-order chi connectivity index (χ0) is 14.8. The summed E-state index contributed by atoms with van der Waals surface area (Å²) >= 11 is 1.50. The van der Waals surface area contributed by atoms with Gasteiger partial charge in [0.1, 0.15) is 10.7 Å². The van der Waals surface area contributed by atoms with Crippen LogP contribution in [0.2, 0.25) is 0 Å². The third-order valence-electron chi connectivity index (χ3n) is 2.59. The highest BCUT2D eigenvalue weighted by atomic mass is 32.2. The van der Waals surface area contributed by atoms with E-state index in [9.17, 15) is 17.6 Å². The van der Waals surface area contributed by atoms with E-state index in [2.05, 4.69) is 0 Å². The molecule has 104 valence electrons. The molecule has 2 rings (SSSR count). The standard InChI is InChI=1S/C14H11FO3S2/c1-20(17,18)14-5-3-11(8-12(14)15)13(16)4-2-10-6-7-19-9-10/h2-9H,1H3/b4-2+. The first kappa shape index (κ1) is 14.6. The van der Waals surface area contributed by atoms with Crippen molar-refractivity contribution in [2.75, 3.05) is 6.26 Å². The first-order valence-electron chi connectivity index (χ1n) is 5.62. The topological polar surface area (TPSA) is 51.2 Å². The molecule has 2 aromatic rings. The average Bonchev–Trinajstić information content (AvgIpc) is 2.87. The van der Waals surface area contributed by atoms with Gasteiger partial charge in [0.15, 0.2) is 15.6 Å². The predicted octanol–water partition coefficient (Wildman–Crippen LogP) is 3.19. The molecule has 0 saturated carbocycles. The molecule has 1 aromatic heterocycles. The zero-order valence-corrected chi connectivity index (χ0v) is 12.2. The summed E-state index contributed by atoms with van der Waals surface area (Å²) in [6.07, 6.45) is 3.88. The van der Waals surface area contributed by atoms with Crippen LogP contribution in [0.1, 0.15) is 15.9 Å². The van der Waals surface area contributed by atoms with Crippen LogP contribution in [0.5, 0.6) is 0 Å². The number of hydrogen-bond donors (Lipinski definition) is 0. The minimum atomic E-state index is -3.63. The smallest absolute Gasteiger partial charge is 0.185 e. The lowest BCUT2D eigenvalue weighted by atomic mass is 10.1. The fourth-order valence-electron chi connectivity index (χ4n) is 1.59. The van der Waals surface area contributed by atoms with Crippen molar-refractivity contribution in [1.82, 2.24) is 0 Å². The van der Waals surface area contributed by atoms with E-state index in [1.54, 1.807) is 6.08 Å². The second kappa shape index (κ2) is 5.68. The first-order valence-corrected chi connectivity index (χ1v) is 8.45. The second-order valence-electron chi connectivity index (χ2n) is 4.17. The molecule has 0 N–H and O–H groups in total. The van der Waals surface area contributed by atoms with E-state index in [-0.39, 0.29) is 11.3 Å². The number of benzene rings is 1. The maximum atomic E-state index is 13.7. The minimum absolute atomic E-state index is 0.112. The van der Waals surface area contributed by atoms with Crippen LogP contribution in [-0.2, 0) is 9.84 Å². The molecule has 0 fully saturated rings. The van der Waals surface area contributed by atoms with E-state index in [0.717, 1.165) is 24.0 Å². The van der Waals surface area contributed by atoms with Crippen LogP contribution >= 0.6 is 11.3 Å². The SMILES string of the molecule is CS(=O)(=O)c1ccc(C(=O)/C=C/c2ccsc2)cc1F. The largest absolute Gasteiger partial charge is 0.289 e. The zero-order valence-electron chi connectivity index (χ0n) is 10.5. The van der Waals surface area contributed by atoms with Gasteiger partial charge in [0, 0.05) is 11.8 Å². The van der Waals surface area contributed by atoms with Crippen molar-refractivity contribution in [2.24, 2.45) is 0 Å². The number of thiophene rings is 1. The maximum absolute atomic E-state index is 13.7. The highest BCUT2D eigenvalue weighted by Gasteiger charge is 2.15. The summed E-state index contributed by atoms with van der Waals surface area (Å²) in [6.45, 7) is 0. The quantitative estimate of drug-likeness (QED) is 0.644. The van der Waals surface area contributed by atoms with Gasteiger partial charge in [0.05, 0.1) is 0 Å². The summed E-state index contributed by atoms with van der Waals surface area (Å²) in [5.41, 5.74) is 0.998. The molecule has 1 heterocycles. The van der Waals surface area contributed by atoms with Crippen molar-refractivity contribution in [2.45, 2.75) is 4.90 Å². The summed E-state index contributed by atoms with van der Waals surface area (Å²) in [5.74, 6) is -1.29. The molecular weight excluding hydrogens is 299 g/mol. The van der Waals surface area contributed by atoms with Crippen molar-refractivity contribution in [3.05, 3.63) is 58.0 Å². The van der Waals surface area contributed by atoms with Gasteiger partial charge in [0.25, 0.3) is 0 Å². The summed E-state index contributed by atoms with van der Waals surface area (Å²) in [4.78, 5) is 11.4. The molecule has 6 heteroatoms. The number of carbonyl (C=O) groups is 1. The molecule has 0 spiro atoms. The first-order chi connectivity index (χ1) is 9.38. The lowest BCUT2D eigenvalue weighted by molar-refractivity contribution is 0.104. The fourth-order valence-corrected chi connectivity index (χ4v) is 2.95. The van der Waals surface area contributed by atoms with Crippen molar-refractivity contribution in [1.29, 1.82) is 0 Å². The van der Waals surface area contributed by atoms with E-state index in [1.807, 2.05) is 16.8 Å². The van der Waals surface area contributed by atoms with Crippen LogP contribution in [0.25, 0.3) is 6.08 Å². The molecular formula is C14H11FO3S2. The highest BCUT2D eigenvalue weighted by Crippen LogP contribution is 2.17. The molecule has 0 aliphatic rings. The maximum Gasteiger partial charge on any atom is 0.185 e. The molecule has 0 amide bonds. The summed E-state index contributed by atoms with van der Waals surface area (Å²) in [5, 5.41) is 3.75. The van der Waals surface area contributed by atoms with Gasteiger partial charge < -0.3 is 0 Å². The van der Waals surface area contributed by atoms with E-state index in [1.165, 1.54) is 23.5 Å². The van der Waals surface area contributed by atoms with E-state index >= 15 is 0 Å². The fraction of sp³-hybridized carbons (Fsp3) is 0.0714. The van der Waals surface area contributed by atoms with Crippen LogP contribution < -0.4 is 0 Å². The molecule has 3 nitrogen and oxygen atoms in total. The van der Waals surface area contributed by atoms with Gasteiger partial charge in [0.2, 0.25) is 0 Å². The Morgan fingerprint density at radius 1 is 1.30 bits per heavy atom. The monoisotopic (exact) mass is 310 g/mol. The lowest BCUT2D eigenvalue weighted by Gasteiger charge is -2.02. The Labute approximate surface area is 120 Å². The van der Waals surface area contributed by atoms with Crippen LogP contribution in [0, 0.1) is 5.82 Å². The van der Waals surface area contributed by atoms with Crippen LogP contribution in [0.4, 0.5) is 4.39 Å². The number of carbonyl (C=O) groups excluding carboxylic acids is 1. The molecule has 0 aliphatic carbocycles. The van der Waals surface area contributed by atoms with Gasteiger partial charge in [-0.25, -0.2) is 12.8 Å². The molecule has 0 unspecified atom stereocenters. The Hall–Kier alpha value is -1.79. The minimum Gasteiger partial charge on any atom is -0.289 e. The van der Waals surface area contributed by atoms with Gasteiger partial charge >= 0.3 is 0 Å². The Morgan fingerprint density at radius 3 is 2.60 bits per heavy atom. The van der Waals surface area contributed by atoms with Crippen LogP contribution in [0.15, 0.2) is 46.0 Å². The van der Waals surface area contributed by atoms with E-state index in [4.69, 9.17) is 0 Å². The number of ketones is 1. The summed E-state index contributed by atoms with van der Waals surface area (Å²) < 4.78 is 36.2. The Balaban J connectivity index is 2.26. The number of rotatable bonds is 4. The lowest BCUT2D eigenvalue weighted by Crippen LogP contribution is -2.03. The third-order valence-corrected chi connectivity index (χ3v) is 4.42. The highest BCUT2D eigenvalue weighted by molar-refractivity contribution is 7.90. The molecule has 0 atom stereocenters. The van der Waals surface area contributed by atoms with Gasteiger partial charge in [-0.3, -0.25) is 4.79 Å². The number of allylic oxidation sites excluding steroid dienone is 1. The van der Waals surface area contributed by atoms with Crippen molar-refractivity contribution in [3.63, 3.8) is 0 Å². The van der Waals surface area contributed by atoms with E-state index < -0.39 is 20.5 Å². The van der Waals surface area contributed by atoms with Gasteiger partial charge in [-0.1, -0.05) is 6.08 Å². The summed E-state index contributed by atoms with van der Waals surface area (Å²) in [7, 11) is -3.63. The summed E-state index contributed by atoms with van der Waals surface area (Å²) in [6, 6.07) is 5.20. The van der Waals surface area contributed by atoms with Crippen molar-refractivity contribution >= 4 is 33.0 Å². The van der Waals surface area contributed by atoms with Crippen LogP contribution in [-0.4, -0.2) is 20.5 Å². The number of halogens is 1. The second-order valence-corrected chi connectivity index (χ2v) is 6.94. The Kier molecular flexibility index (Phi) is 4.15. The predicted molar refractivity (Wildman–Crippen MR) is 77.2 cm³/mol. The van der Waals surface area contributed by atoms with E-state index in [0.29, 0.717) is 0 Å². The Bertz CT molecular complexity index is 760. The number of hydrogen-bond acceptors (Lipinski definition) is 4. The van der Waals surface area contributed by atoms with Crippen LogP contribution in [0.3, 0.4) is 0 Å². The van der Waals surface area contributed by atoms with Gasteiger partial charge in [-0.05, 0) is 46.7 Å². The molecule has 1 aromatic carbocycles. The third kappa shape index (κ3) is 3.40. The molecule has 20 heavy (non-hydrogen) atoms. The molecule has 0 aliphatic heterocycles. The Morgan fingerprint density at radius 2 is 2.05 bits per heavy atom. The molecule has 0 bridgehead atoms. The number of sulfone groups is 1. The van der Waals surface area contributed by atoms with Gasteiger partial charge in [-0.15, -0.1) is 0 Å². The molecule has 0 radical (unpaired) electrons. The van der Waals surface area contributed by atoms with Crippen molar-refractivity contribution < 1.29 is 17.6 Å².